The number of piperidine rings is 1. The predicted octanol–water partition coefficient (Wildman–Crippen LogP) is 3.87. The van der Waals surface area contributed by atoms with Crippen LogP contribution in [0.2, 0.25) is 0 Å². The molecule has 3 heteroatoms. The lowest BCUT2D eigenvalue weighted by molar-refractivity contribution is -0.134. The van der Waals surface area contributed by atoms with Crippen LogP contribution in [0.25, 0.3) is 0 Å². The van der Waals surface area contributed by atoms with Gasteiger partial charge < -0.3 is 10.6 Å². The second-order valence-electron chi connectivity index (χ2n) is 6.43. The number of rotatable bonds is 3. The Balaban J connectivity index is 1.76. The lowest BCUT2D eigenvalue weighted by Crippen LogP contribution is -2.39. The largest absolute Gasteiger partial charge is 0.399 e. The Morgan fingerprint density at radius 2 is 1.78 bits per heavy atom. The molecule has 1 heterocycles. The summed E-state index contributed by atoms with van der Waals surface area (Å²) in [4.78, 5) is 14.9. The van der Waals surface area contributed by atoms with Crippen LogP contribution in [0.15, 0.2) is 48.5 Å². The predicted molar refractivity (Wildman–Crippen MR) is 94.0 cm³/mol. The number of hydrogen-bond acceptors (Lipinski definition) is 2. The Hall–Kier alpha value is -2.29. The molecule has 0 aromatic heterocycles. The third kappa shape index (κ3) is 3.73. The zero-order valence-electron chi connectivity index (χ0n) is 13.7. The Labute approximate surface area is 138 Å². The van der Waals surface area contributed by atoms with Crippen molar-refractivity contribution in [2.75, 3.05) is 12.3 Å². The Bertz CT molecular complexity index is 661. The van der Waals surface area contributed by atoms with Crippen molar-refractivity contribution in [2.45, 2.75) is 38.6 Å². The summed E-state index contributed by atoms with van der Waals surface area (Å²) >= 11 is 0. The Morgan fingerprint density at radius 1 is 1.09 bits per heavy atom. The monoisotopic (exact) mass is 308 g/mol. The number of aryl methyl sites for hydroxylation is 1. The molecule has 1 amide bonds. The number of likely N-dealkylation sites (tertiary alicyclic amines) is 1. The summed E-state index contributed by atoms with van der Waals surface area (Å²) in [5.74, 6) is 0.208. The van der Waals surface area contributed by atoms with Gasteiger partial charge in [0.1, 0.15) is 0 Å². The zero-order chi connectivity index (χ0) is 16.2. The number of benzene rings is 2. The van der Waals surface area contributed by atoms with Gasteiger partial charge in [-0.05, 0) is 49.4 Å². The maximum absolute atomic E-state index is 12.8. The third-order valence-corrected chi connectivity index (χ3v) is 4.62. The van der Waals surface area contributed by atoms with E-state index in [0.717, 1.165) is 30.6 Å². The average molecular weight is 308 g/mol. The molecule has 1 fully saturated rings. The van der Waals surface area contributed by atoms with Gasteiger partial charge in [-0.25, -0.2) is 0 Å². The van der Waals surface area contributed by atoms with Gasteiger partial charge in [-0.15, -0.1) is 0 Å². The first kappa shape index (κ1) is 15.6. The van der Waals surface area contributed by atoms with Gasteiger partial charge in [0.15, 0.2) is 0 Å². The SMILES string of the molecule is Cc1ccc(C2CCCCN2C(=O)Cc2ccc(N)cc2)cc1. The van der Waals surface area contributed by atoms with Crippen molar-refractivity contribution in [1.82, 2.24) is 4.90 Å². The van der Waals surface area contributed by atoms with Gasteiger partial charge in [-0.3, -0.25) is 4.79 Å². The van der Waals surface area contributed by atoms with Gasteiger partial charge in [-0.1, -0.05) is 42.0 Å². The van der Waals surface area contributed by atoms with Crippen molar-refractivity contribution in [2.24, 2.45) is 0 Å². The number of amides is 1. The van der Waals surface area contributed by atoms with E-state index in [1.807, 2.05) is 24.3 Å². The van der Waals surface area contributed by atoms with E-state index < -0.39 is 0 Å². The molecule has 0 saturated carbocycles. The van der Waals surface area contributed by atoms with Crippen LogP contribution < -0.4 is 5.73 Å². The second-order valence-corrected chi connectivity index (χ2v) is 6.43. The van der Waals surface area contributed by atoms with Crippen LogP contribution in [0, 0.1) is 6.92 Å². The number of nitrogen functional groups attached to an aromatic ring is 1. The number of carbonyl (C=O) groups is 1. The molecular formula is C20H24N2O. The van der Waals surface area contributed by atoms with Crippen LogP contribution in [-0.4, -0.2) is 17.4 Å². The first-order valence-electron chi connectivity index (χ1n) is 8.34. The van der Waals surface area contributed by atoms with Crippen molar-refractivity contribution in [3.63, 3.8) is 0 Å². The van der Waals surface area contributed by atoms with Crippen molar-refractivity contribution in [3.05, 3.63) is 65.2 Å². The molecule has 1 saturated heterocycles. The van der Waals surface area contributed by atoms with Crippen LogP contribution in [0.5, 0.6) is 0 Å². The molecule has 0 radical (unpaired) electrons. The standard InChI is InChI=1S/C20H24N2O/c1-15-5-9-17(10-6-15)19-4-2-3-13-22(19)20(23)14-16-7-11-18(21)12-8-16/h5-12,19H,2-4,13-14,21H2,1H3. The van der Waals surface area contributed by atoms with E-state index in [1.165, 1.54) is 17.5 Å². The molecule has 2 aromatic carbocycles. The van der Waals surface area contributed by atoms with E-state index in [0.29, 0.717) is 6.42 Å². The molecule has 3 nitrogen and oxygen atoms in total. The lowest BCUT2D eigenvalue weighted by Gasteiger charge is -2.36. The van der Waals surface area contributed by atoms with E-state index in [-0.39, 0.29) is 11.9 Å². The molecule has 1 aliphatic rings. The molecule has 0 aliphatic carbocycles. The topological polar surface area (TPSA) is 46.3 Å². The van der Waals surface area contributed by atoms with Gasteiger partial charge in [-0.2, -0.15) is 0 Å². The smallest absolute Gasteiger partial charge is 0.227 e. The van der Waals surface area contributed by atoms with Crippen LogP contribution in [0.4, 0.5) is 5.69 Å². The van der Waals surface area contributed by atoms with E-state index >= 15 is 0 Å². The fraction of sp³-hybridized carbons (Fsp3) is 0.350. The zero-order valence-corrected chi connectivity index (χ0v) is 13.7. The van der Waals surface area contributed by atoms with Crippen LogP contribution in [0.3, 0.4) is 0 Å². The molecule has 1 unspecified atom stereocenters. The minimum Gasteiger partial charge on any atom is -0.399 e. The third-order valence-electron chi connectivity index (χ3n) is 4.62. The Morgan fingerprint density at radius 3 is 2.48 bits per heavy atom. The van der Waals surface area contributed by atoms with Crippen LogP contribution in [0.1, 0.15) is 42.0 Å². The molecule has 120 valence electrons. The average Bonchev–Trinajstić information content (AvgIpc) is 2.58. The van der Waals surface area contributed by atoms with Crippen molar-refractivity contribution >= 4 is 11.6 Å². The number of carbonyl (C=O) groups excluding carboxylic acids is 1. The van der Waals surface area contributed by atoms with Gasteiger partial charge in [0.25, 0.3) is 0 Å². The second kappa shape index (κ2) is 6.86. The number of anilines is 1. The number of nitrogens with two attached hydrogens (primary N) is 1. The summed E-state index contributed by atoms with van der Waals surface area (Å²) < 4.78 is 0. The molecule has 1 aliphatic heterocycles. The molecule has 23 heavy (non-hydrogen) atoms. The normalized spacial score (nSPS) is 18.0. The maximum atomic E-state index is 12.8. The van der Waals surface area contributed by atoms with Gasteiger partial charge in [0, 0.05) is 12.2 Å². The molecule has 2 N–H and O–H groups in total. The Kier molecular flexibility index (Phi) is 4.65. The molecular weight excluding hydrogens is 284 g/mol. The minimum atomic E-state index is 0.208. The van der Waals surface area contributed by atoms with E-state index in [1.54, 1.807) is 0 Å². The van der Waals surface area contributed by atoms with Crippen LogP contribution in [-0.2, 0) is 11.2 Å². The summed E-state index contributed by atoms with van der Waals surface area (Å²) in [6.07, 6.45) is 3.78. The highest BCUT2D eigenvalue weighted by Gasteiger charge is 2.27. The maximum Gasteiger partial charge on any atom is 0.227 e. The lowest BCUT2D eigenvalue weighted by atomic mass is 9.94. The summed E-state index contributed by atoms with van der Waals surface area (Å²) in [5.41, 5.74) is 9.98. The van der Waals surface area contributed by atoms with E-state index in [2.05, 4.69) is 36.1 Å². The fourth-order valence-electron chi connectivity index (χ4n) is 3.28. The number of nitrogens with zero attached hydrogens (tertiary/aromatic N) is 1. The van der Waals surface area contributed by atoms with Crippen molar-refractivity contribution in [1.29, 1.82) is 0 Å². The minimum absolute atomic E-state index is 0.208. The molecule has 2 aromatic rings. The van der Waals surface area contributed by atoms with Gasteiger partial charge >= 0.3 is 0 Å². The first-order valence-corrected chi connectivity index (χ1v) is 8.34. The summed E-state index contributed by atoms with van der Waals surface area (Å²) in [5, 5.41) is 0. The molecule has 1 atom stereocenters. The van der Waals surface area contributed by atoms with Crippen LogP contribution >= 0.6 is 0 Å². The highest BCUT2D eigenvalue weighted by Crippen LogP contribution is 2.31. The van der Waals surface area contributed by atoms with Gasteiger partial charge in [0.05, 0.1) is 12.5 Å². The van der Waals surface area contributed by atoms with E-state index in [4.69, 9.17) is 5.73 Å². The summed E-state index contributed by atoms with van der Waals surface area (Å²) in [6.45, 7) is 2.95. The molecule has 0 spiro atoms. The fourth-order valence-corrected chi connectivity index (χ4v) is 3.28. The highest BCUT2D eigenvalue weighted by atomic mass is 16.2. The highest BCUT2D eigenvalue weighted by molar-refractivity contribution is 5.79. The number of hydrogen-bond donors (Lipinski definition) is 1. The van der Waals surface area contributed by atoms with Crippen molar-refractivity contribution < 1.29 is 4.79 Å². The quantitative estimate of drug-likeness (QED) is 0.875. The summed E-state index contributed by atoms with van der Waals surface area (Å²) in [6, 6.07) is 16.4. The van der Waals surface area contributed by atoms with Crippen molar-refractivity contribution in [3.8, 4) is 0 Å². The first-order chi connectivity index (χ1) is 11.1. The molecule has 3 rings (SSSR count). The summed E-state index contributed by atoms with van der Waals surface area (Å²) in [7, 11) is 0. The van der Waals surface area contributed by atoms with E-state index in [9.17, 15) is 4.79 Å². The van der Waals surface area contributed by atoms with Gasteiger partial charge in [0.2, 0.25) is 5.91 Å². The molecule has 0 bridgehead atoms.